The molecule has 0 aliphatic carbocycles. The van der Waals surface area contributed by atoms with E-state index in [1.54, 1.807) is 37.3 Å². The van der Waals surface area contributed by atoms with Crippen molar-refractivity contribution in [3.63, 3.8) is 0 Å². The van der Waals surface area contributed by atoms with Crippen LogP contribution in [-0.4, -0.2) is 17.3 Å². The van der Waals surface area contributed by atoms with Crippen LogP contribution in [0.15, 0.2) is 30.3 Å². The summed E-state index contributed by atoms with van der Waals surface area (Å²) in [5, 5.41) is 41.5. The molecule has 0 bridgehead atoms. The van der Waals surface area contributed by atoms with Gasteiger partial charge in [0.15, 0.2) is 5.75 Å². The number of para-hydroxylation sites is 1. The van der Waals surface area contributed by atoms with Gasteiger partial charge in [0, 0.05) is 26.6 Å². The van der Waals surface area contributed by atoms with E-state index in [1.807, 2.05) is 6.92 Å². The van der Waals surface area contributed by atoms with Gasteiger partial charge in [-0.05, 0) is 45.6 Å². The highest BCUT2D eigenvalue weighted by atomic mass is 17.9. The van der Waals surface area contributed by atoms with Crippen molar-refractivity contribution in [3.8, 4) is 5.75 Å². The minimum atomic E-state index is -0.840. The third-order valence-corrected chi connectivity index (χ3v) is 2.91. The zero-order valence-electron chi connectivity index (χ0n) is 14.0. The lowest BCUT2D eigenvalue weighted by molar-refractivity contribution is -0.841. The topological polar surface area (TPSA) is 113 Å². The highest BCUT2D eigenvalue weighted by Crippen LogP contribution is 2.17. The molecule has 144 valence electrons. The lowest BCUT2D eigenvalue weighted by atomic mass is 9.96. The number of unbranched alkanes of at least 4 members (excludes halogenated alkanes) is 1. The molecule has 1 unspecified atom stereocenters. The second-order valence-corrected chi connectivity index (χ2v) is 5.11. The van der Waals surface area contributed by atoms with Crippen molar-refractivity contribution < 1.29 is 55.2 Å². The molecule has 0 heterocycles. The Bertz CT molecular complexity index is 414. The van der Waals surface area contributed by atoms with E-state index in [-0.39, 0.29) is 6.61 Å². The minimum Gasteiger partial charge on any atom is -0.390 e. The van der Waals surface area contributed by atoms with E-state index in [4.69, 9.17) is 0 Å². The summed E-state index contributed by atoms with van der Waals surface area (Å²) < 4.78 is 0. The first-order valence-electron chi connectivity index (χ1n) is 7.54. The van der Waals surface area contributed by atoms with Gasteiger partial charge in [-0.15, -0.1) is 0 Å². The molecule has 0 radical (unpaired) electrons. The van der Waals surface area contributed by atoms with Crippen molar-refractivity contribution in [2.75, 3.05) is 6.61 Å². The van der Waals surface area contributed by atoms with Gasteiger partial charge in [-0.3, -0.25) is 0 Å². The number of hydrogen-bond acceptors (Lipinski definition) is 11. The third kappa shape index (κ3) is 12.6. The van der Waals surface area contributed by atoms with Gasteiger partial charge in [0.25, 0.3) is 0 Å². The van der Waals surface area contributed by atoms with Crippen LogP contribution < -0.4 is 4.89 Å². The van der Waals surface area contributed by atoms with E-state index < -0.39 is 5.60 Å². The van der Waals surface area contributed by atoms with Gasteiger partial charge in [-0.1, -0.05) is 38.0 Å². The summed E-state index contributed by atoms with van der Waals surface area (Å²) in [6, 6.07) is 8.45. The molecule has 1 rings (SSSR count). The molecule has 0 saturated carbocycles. The molecule has 0 amide bonds. The van der Waals surface area contributed by atoms with E-state index >= 15 is 0 Å². The maximum Gasteiger partial charge on any atom is 0.168 e. The maximum atomic E-state index is 9.96. The van der Waals surface area contributed by atoms with Crippen LogP contribution in [0, 0.1) is 0 Å². The van der Waals surface area contributed by atoms with Crippen LogP contribution in [0.25, 0.3) is 0 Å². The summed E-state index contributed by atoms with van der Waals surface area (Å²) >= 11 is 0. The average molecular weight is 366 g/mol. The molecule has 0 aliphatic rings. The Labute approximate surface area is 144 Å². The Morgan fingerprint density at radius 1 is 0.840 bits per heavy atom. The SMILES string of the molecule is CCCCC(C)(O)CCOOOOOOOOOOc1ccccc1. The highest BCUT2D eigenvalue weighted by Gasteiger charge is 2.19. The Kier molecular flexibility index (Phi) is 12.0. The van der Waals surface area contributed by atoms with Crippen LogP contribution in [0.2, 0.25) is 0 Å². The van der Waals surface area contributed by atoms with Crippen molar-refractivity contribution >= 4 is 0 Å². The Balaban J connectivity index is 1.81. The van der Waals surface area contributed by atoms with E-state index in [9.17, 15) is 5.11 Å². The first-order valence-corrected chi connectivity index (χ1v) is 7.54. The van der Waals surface area contributed by atoms with E-state index in [2.05, 4.69) is 50.1 Å². The molecule has 0 fully saturated rings. The molecule has 0 spiro atoms. The molecule has 0 saturated heterocycles. The monoisotopic (exact) mass is 366 g/mol. The molecule has 1 atom stereocenters. The third-order valence-electron chi connectivity index (χ3n) is 2.91. The zero-order chi connectivity index (χ0) is 18.2. The number of rotatable bonds is 16. The molecule has 11 heteroatoms. The molecular formula is C14H22O11. The zero-order valence-corrected chi connectivity index (χ0v) is 14.0. The van der Waals surface area contributed by atoms with Crippen LogP contribution >= 0.6 is 0 Å². The summed E-state index contributed by atoms with van der Waals surface area (Å²) in [6.07, 6.45) is 2.93. The van der Waals surface area contributed by atoms with Crippen molar-refractivity contribution in [3.05, 3.63) is 30.3 Å². The van der Waals surface area contributed by atoms with Gasteiger partial charge in [0.05, 0.1) is 12.2 Å². The predicted octanol–water partition coefficient (Wildman–Crippen LogP) is 2.78. The van der Waals surface area contributed by atoms with Gasteiger partial charge < -0.3 is 9.99 Å². The van der Waals surface area contributed by atoms with E-state index in [0.29, 0.717) is 18.6 Å². The molecule has 11 nitrogen and oxygen atoms in total. The van der Waals surface area contributed by atoms with Crippen LogP contribution in [0.3, 0.4) is 0 Å². The van der Waals surface area contributed by atoms with Crippen LogP contribution in [0.4, 0.5) is 0 Å². The highest BCUT2D eigenvalue weighted by molar-refractivity contribution is 5.19. The molecule has 1 aromatic carbocycles. The number of benzene rings is 1. The van der Waals surface area contributed by atoms with Crippen LogP contribution in [-0.2, 0) is 45.2 Å². The lowest BCUT2D eigenvalue weighted by Crippen LogP contribution is -2.26. The fourth-order valence-electron chi connectivity index (χ4n) is 1.60. The van der Waals surface area contributed by atoms with Gasteiger partial charge in [0.1, 0.15) is 0 Å². The fourth-order valence-corrected chi connectivity index (χ4v) is 1.60. The van der Waals surface area contributed by atoms with Gasteiger partial charge in [-0.2, -0.15) is 0 Å². The summed E-state index contributed by atoms with van der Waals surface area (Å²) in [6.45, 7) is 3.83. The number of hydrogen-bond donors (Lipinski definition) is 1. The average Bonchev–Trinajstić information content (AvgIpc) is 2.62. The quantitative estimate of drug-likeness (QED) is 0.265. The smallest absolute Gasteiger partial charge is 0.168 e. The van der Waals surface area contributed by atoms with Gasteiger partial charge in [-0.25, -0.2) is 4.89 Å². The summed E-state index contributed by atoms with van der Waals surface area (Å²) in [4.78, 5) is 9.19. The Hall–Kier alpha value is -1.38. The maximum absolute atomic E-state index is 9.96. The van der Waals surface area contributed by atoms with Crippen molar-refractivity contribution in [2.24, 2.45) is 0 Å². The standard InChI is InChI=1S/C14H22O11/c1-3-4-10-14(2,15)11-12-16-18-20-22-24-25-23-21-19-17-13-8-6-5-7-9-13/h5-9,15H,3-4,10-12H2,1-2H3. The molecule has 1 N–H and O–H groups in total. The van der Waals surface area contributed by atoms with Crippen molar-refractivity contribution in [2.45, 2.75) is 45.1 Å². The second-order valence-electron chi connectivity index (χ2n) is 5.11. The largest absolute Gasteiger partial charge is 0.390 e. The van der Waals surface area contributed by atoms with Gasteiger partial charge in [0.2, 0.25) is 0 Å². The predicted molar refractivity (Wildman–Crippen MR) is 76.5 cm³/mol. The Morgan fingerprint density at radius 3 is 2.08 bits per heavy atom. The fraction of sp³-hybridized carbons (Fsp3) is 0.571. The first-order chi connectivity index (χ1) is 12.1. The lowest BCUT2D eigenvalue weighted by Gasteiger charge is -2.21. The first kappa shape index (κ1) is 21.7. The van der Waals surface area contributed by atoms with E-state index in [1.165, 1.54) is 0 Å². The number of aliphatic hydroxyl groups is 1. The Morgan fingerprint density at radius 2 is 1.44 bits per heavy atom. The minimum absolute atomic E-state index is 0.0746. The van der Waals surface area contributed by atoms with Crippen LogP contribution in [0.5, 0.6) is 5.75 Å². The second kappa shape index (κ2) is 13.9. The van der Waals surface area contributed by atoms with Crippen molar-refractivity contribution in [1.29, 1.82) is 0 Å². The molecule has 0 aliphatic heterocycles. The summed E-state index contributed by atoms with van der Waals surface area (Å²) in [5.41, 5.74) is -0.840. The van der Waals surface area contributed by atoms with Crippen LogP contribution in [0.1, 0.15) is 39.5 Å². The molecular weight excluding hydrogens is 344 g/mol. The molecule has 1 aromatic rings. The summed E-state index contributed by atoms with van der Waals surface area (Å²) in [5.74, 6) is 0.367. The molecule has 25 heavy (non-hydrogen) atoms. The van der Waals surface area contributed by atoms with Crippen molar-refractivity contribution in [1.82, 2.24) is 0 Å². The van der Waals surface area contributed by atoms with Gasteiger partial charge >= 0.3 is 0 Å². The normalized spacial score (nSPS) is 13.6. The summed E-state index contributed by atoms with van der Waals surface area (Å²) in [7, 11) is 0. The molecule has 0 aromatic heterocycles. The van der Waals surface area contributed by atoms with E-state index in [0.717, 1.165) is 12.8 Å².